The summed E-state index contributed by atoms with van der Waals surface area (Å²) < 4.78 is 1.63. The maximum absolute atomic E-state index is 13.2. The molecular formula is C27H25N3O3S. The molecule has 1 aromatic heterocycles. The molecule has 4 rings (SSSR count). The summed E-state index contributed by atoms with van der Waals surface area (Å²) in [6, 6.07) is 26.6. The van der Waals surface area contributed by atoms with Crippen LogP contribution in [0, 0.1) is 0 Å². The van der Waals surface area contributed by atoms with Gasteiger partial charge in [-0.2, -0.15) is 0 Å². The van der Waals surface area contributed by atoms with Crippen LogP contribution in [0.3, 0.4) is 0 Å². The molecule has 4 aromatic rings. The van der Waals surface area contributed by atoms with E-state index in [4.69, 9.17) is 0 Å². The van der Waals surface area contributed by atoms with E-state index in [0.29, 0.717) is 22.6 Å². The van der Waals surface area contributed by atoms with Gasteiger partial charge in [0.25, 0.3) is 5.56 Å². The zero-order valence-corrected chi connectivity index (χ0v) is 19.5. The van der Waals surface area contributed by atoms with Crippen molar-refractivity contribution in [3.63, 3.8) is 0 Å². The Morgan fingerprint density at radius 3 is 2.21 bits per heavy atom. The number of carbonyl (C=O) groups is 2. The number of hydrogen-bond acceptors (Lipinski definition) is 5. The second-order valence-electron chi connectivity index (χ2n) is 7.88. The molecule has 0 spiro atoms. The summed E-state index contributed by atoms with van der Waals surface area (Å²) in [5.41, 5.74) is 2.51. The molecule has 0 fully saturated rings. The molecule has 0 aliphatic heterocycles. The van der Waals surface area contributed by atoms with Crippen LogP contribution >= 0.6 is 11.8 Å². The maximum Gasteiger partial charge on any atom is 0.262 e. The molecule has 6 nitrogen and oxygen atoms in total. The SMILES string of the molecule is O=C(CSc1nc2ccccc2c(=O)n1CCCc1ccccc1)NC(=O)Cc1ccccc1. The van der Waals surface area contributed by atoms with Gasteiger partial charge in [0, 0.05) is 6.54 Å². The van der Waals surface area contributed by atoms with Gasteiger partial charge in [-0.25, -0.2) is 4.98 Å². The Bertz CT molecular complexity index is 1340. The quantitative estimate of drug-likeness (QED) is 0.295. The Kier molecular flexibility index (Phi) is 7.88. The third-order valence-corrected chi connectivity index (χ3v) is 6.31. The first kappa shape index (κ1) is 23.4. The fourth-order valence-electron chi connectivity index (χ4n) is 3.69. The molecular weight excluding hydrogens is 446 g/mol. The molecule has 34 heavy (non-hydrogen) atoms. The number of fused-ring (bicyclic) bond motifs is 1. The largest absolute Gasteiger partial charge is 0.295 e. The lowest BCUT2D eigenvalue weighted by Gasteiger charge is -2.13. The number of nitrogens with one attached hydrogen (secondary N) is 1. The van der Waals surface area contributed by atoms with Crippen LogP contribution in [0.1, 0.15) is 17.5 Å². The van der Waals surface area contributed by atoms with Crippen LogP contribution in [0.2, 0.25) is 0 Å². The van der Waals surface area contributed by atoms with Crippen molar-refractivity contribution in [2.45, 2.75) is 31.0 Å². The van der Waals surface area contributed by atoms with Gasteiger partial charge in [-0.05, 0) is 36.1 Å². The van der Waals surface area contributed by atoms with Gasteiger partial charge < -0.3 is 0 Å². The fraction of sp³-hybridized carbons (Fsp3) is 0.185. The summed E-state index contributed by atoms with van der Waals surface area (Å²) in [7, 11) is 0. The number of aromatic nitrogens is 2. The highest BCUT2D eigenvalue weighted by molar-refractivity contribution is 7.99. The zero-order chi connectivity index (χ0) is 23.8. The van der Waals surface area contributed by atoms with Gasteiger partial charge in [-0.1, -0.05) is 84.6 Å². The van der Waals surface area contributed by atoms with Gasteiger partial charge in [0.2, 0.25) is 11.8 Å². The molecule has 172 valence electrons. The minimum atomic E-state index is -0.413. The van der Waals surface area contributed by atoms with E-state index >= 15 is 0 Å². The molecule has 1 heterocycles. The van der Waals surface area contributed by atoms with Crippen molar-refractivity contribution in [3.8, 4) is 0 Å². The summed E-state index contributed by atoms with van der Waals surface area (Å²) in [5.74, 6) is -0.781. The number of thioether (sulfide) groups is 1. The summed E-state index contributed by atoms with van der Waals surface area (Å²) in [4.78, 5) is 42.4. The lowest BCUT2D eigenvalue weighted by Crippen LogP contribution is -2.33. The van der Waals surface area contributed by atoms with Crippen molar-refractivity contribution < 1.29 is 9.59 Å². The van der Waals surface area contributed by atoms with Crippen LogP contribution in [-0.4, -0.2) is 27.1 Å². The lowest BCUT2D eigenvalue weighted by molar-refractivity contribution is -0.128. The van der Waals surface area contributed by atoms with Crippen LogP contribution < -0.4 is 10.9 Å². The standard InChI is InChI=1S/C27H25N3O3S/c31-24(18-21-12-5-2-6-13-21)29-25(32)19-34-27-28-23-16-8-7-15-22(23)26(33)30(27)17-9-14-20-10-3-1-4-11-20/h1-8,10-13,15-16H,9,14,17-19H2,(H,29,31,32). The molecule has 0 unspecified atom stereocenters. The molecule has 0 saturated heterocycles. The third-order valence-electron chi connectivity index (χ3n) is 5.34. The molecule has 3 aromatic carbocycles. The highest BCUT2D eigenvalue weighted by Crippen LogP contribution is 2.18. The van der Waals surface area contributed by atoms with E-state index in [1.807, 2.05) is 60.7 Å². The number of benzene rings is 3. The number of aryl methyl sites for hydroxylation is 1. The van der Waals surface area contributed by atoms with Crippen molar-refractivity contribution in [3.05, 3.63) is 106 Å². The molecule has 0 bridgehead atoms. The van der Waals surface area contributed by atoms with Crippen molar-refractivity contribution in [2.75, 3.05) is 5.75 Å². The summed E-state index contributed by atoms with van der Waals surface area (Å²) >= 11 is 1.17. The van der Waals surface area contributed by atoms with E-state index in [1.54, 1.807) is 16.7 Å². The lowest BCUT2D eigenvalue weighted by atomic mass is 10.1. The van der Waals surface area contributed by atoms with Crippen molar-refractivity contribution in [2.24, 2.45) is 0 Å². The van der Waals surface area contributed by atoms with Gasteiger partial charge >= 0.3 is 0 Å². The Labute approximate surface area is 202 Å². The number of rotatable bonds is 9. The van der Waals surface area contributed by atoms with E-state index < -0.39 is 5.91 Å². The van der Waals surface area contributed by atoms with Crippen molar-refractivity contribution >= 4 is 34.5 Å². The molecule has 0 radical (unpaired) electrons. The monoisotopic (exact) mass is 471 g/mol. The molecule has 0 aliphatic rings. The van der Waals surface area contributed by atoms with Crippen LogP contribution in [-0.2, 0) is 29.0 Å². The normalized spacial score (nSPS) is 10.8. The third kappa shape index (κ3) is 6.20. The number of amides is 2. The van der Waals surface area contributed by atoms with Gasteiger partial charge in [0.05, 0.1) is 23.1 Å². The van der Waals surface area contributed by atoms with Crippen LogP contribution in [0.5, 0.6) is 0 Å². The minimum Gasteiger partial charge on any atom is -0.295 e. The van der Waals surface area contributed by atoms with Gasteiger partial charge in [-0.3, -0.25) is 24.3 Å². The molecule has 0 atom stereocenters. The maximum atomic E-state index is 13.2. The molecule has 0 aliphatic carbocycles. The highest BCUT2D eigenvalue weighted by Gasteiger charge is 2.15. The van der Waals surface area contributed by atoms with Crippen molar-refractivity contribution in [1.82, 2.24) is 14.9 Å². The Morgan fingerprint density at radius 1 is 0.824 bits per heavy atom. The van der Waals surface area contributed by atoms with Crippen molar-refractivity contribution in [1.29, 1.82) is 0 Å². The summed E-state index contributed by atoms with van der Waals surface area (Å²) in [5, 5.41) is 3.45. The van der Waals surface area contributed by atoms with E-state index in [1.165, 1.54) is 17.3 Å². The molecule has 2 amide bonds. The highest BCUT2D eigenvalue weighted by atomic mass is 32.2. The first-order chi connectivity index (χ1) is 16.6. The Hall–Kier alpha value is -3.71. The predicted molar refractivity (Wildman–Crippen MR) is 135 cm³/mol. The van der Waals surface area contributed by atoms with E-state index in [9.17, 15) is 14.4 Å². The zero-order valence-electron chi connectivity index (χ0n) is 18.6. The second kappa shape index (κ2) is 11.4. The average molecular weight is 472 g/mol. The van der Waals surface area contributed by atoms with Gasteiger partial charge in [0.15, 0.2) is 5.16 Å². The topological polar surface area (TPSA) is 81.1 Å². The van der Waals surface area contributed by atoms with Crippen LogP contribution in [0.4, 0.5) is 0 Å². The minimum absolute atomic E-state index is 0.00993. The van der Waals surface area contributed by atoms with Crippen LogP contribution in [0.25, 0.3) is 10.9 Å². The average Bonchev–Trinajstić information content (AvgIpc) is 2.85. The second-order valence-corrected chi connectivity index (χ2v) is 8.82. The molecule has 7 heteroatoms. The number of nitrogens with zero attached hydrogens (tertiary/aromatic N) is 2. The molecule has 1 N–H and O–H groups in total. The smallest absolute Gasteiger partial charge is 0.262 e. The first-order valence-corrected chi connectivity index (χ1v) is 12.1. The fourth-order valence-corrected chi connectivity index (χ4v) is 4.51. The first-order valence-electron chi connectivity index (χ1n) is 11.1. The predicted octanol–water partition coefficient (Wildman–Crippen LogP) is 4.01. The number of carbonyl (C=O) groups excluding carboxylic acids is 2. The van der Waals surface area contributed by atoms with Crippen LogP contribution in [0.15, 0.2) is 94.9 Å². The van der Waals surface area contributed by atoms with Gasteiger partial charge in [-0.15, -0.1) is 0 Å². The number of hydrogen-bond donors (Lipinski definition) is 1. The van der Waals surface area contributed by atoms with E-state index in [0.717, 1.165) is 18.4 Å². The number of para-hydroxylation sites is 1. The summed E-state index contributed by atoms with van der Waals surface area (Å²) in [6.07, 6.45) is 1.73. The number of imide groups is 1. The Balaban J connectivity index is 1.44. The van der Waals surface area contributed by atoms with E-state index in [2.05, 4.69) is 22.4 Å². The summed E-state index contributed by atoms with van der Waals surface area (Å²) in [6.45, 7) is 0.489. The Morgan fingerprint density at radius 2 is 1.47 bits per heavy atom. The van der Waals surface area contributed by atoms with E-state index in [-0.39, 0.29) is 23.6 Å². The molecule has 0 saturated carbocycles. The van der Waals surface area contributed by atoms with Gasteiger partial charge in [0.1, 0.15) is 0 Å².